The summed E-state index contributed by atoms with van der Waals surface area (Å²) in [7, 11) is 1.75. The molecular weight excluding hydrogens is 861 g/mol. The number of rotatable bonds is 3. The predicted octanol–water partition coefficient (Wildman–Crippen LogP) is 17.7. The van der Waals surface area contributed by atoms with Gasteiger partial charge in [0.05, 0.1) is 36.9 Å². The number of aliphatic hydroxyl groups excluding tert-OH is 2. The van der Waals surface area contributed by atoms with Gasteiger partial charge in [0.15, 0.2) is 0 Å². The predicted molar refractivity (Wildman–Crippen MR) is 302 cm³/mol. The van der Waals surface area contributed by atoms with E-state index in [4.69, 9.17) is 24.8 Å². The summed E-state index contributed by atoms with van der Waals surface area (Å²) in [6, 6.07) is 20.7. The van der Waals surface area contributed by atoms with Gasteiger partial charge in [-0.15, -0.1) is 0 Å². The highest BCUT2D eigenvalue weighted by molar-refractivity contribution is 5.78. The van der Waals surface area contributed by atoms with E-state index < -0.39 is 0 Å². The molecule has 0 atom stereocenters. The van der Waals surface area contributed by atoms with Crippen LogP contribution < -0.4 is 0 Å². The van der Waals surface area contributed by atoms with E-state index in [0.717, 1.165) is 57.8 Å². The first kappa shape index (κ1) is 65.6. The number of aromatic hydroxyl groups is 1. The average molecular weight is 976 g/mol. The van der Waals surface area contributed by atoms with Gasteiger partial charge >= 0.3 is 0 Å². The zero-order chi connectivity index (χ0) is 47.9. The van der Waals surface area contributed by atoms with Crippen molar-refractivity contribution in [3.8, 4) is 5.75 Å². The van der Waals surface area contributed by atoms with Gasteiger partial charge in [0.2, 0.25) is 0 Å². The highest BCUT2D eigenvalue weighted by Crippen LogP contribution is 2.27. The van der Waals surface area contributed by atoms with Crippen LogP contribution in [0.1, 0.15) is 251 Å². The minimum Gasteiger partial charge on any atom is -0.513 e. The van der Waals surface area contributed by atoms with E-state index in [1.165, 1.54) is 192 Å². The fraction of sp³-hybridized carbons (Fsp3) is 0.689. The third-order valence-electron chi connectivity index (χ3n) is 13.3. The van der Waals surface area contributed by atoms with Crippen molar-refractivity contribution >= 4 is 5.78 Å². The van der Waals surface area contributed by atoms with E-state index in [2.05, 4.69) is 18.2 Å². The number of benzene rings is 2. The molecule has 0 bridgehead atoms. The van der Waals surface area contributed by atoms with Gasteiger partial charge in [-0.3, -0.25) is 4.79 Å². The van der Waals surface area contributed by atoms with Gasteiger partial charge in [-0.2, -0.15) is 0 Å². The summed E-state index contributed by atoms with van der Waals surface area (Å²) in [5, 5.41) is 26.3. The number of aliphatic hydroxyl groups is 2. The second-order valence-electron chi connectivity index (χ2n) is 19.5. The Balaban J connectivity index is -0.000000176. The molecule has 0 radical (unpaired) electrons. The lowest BCUT2D eigenvalue weighted by molar-refractivity contribution is -0.120. The zero-order valence-corrected chi connectivity index (χ0v) is 43.8. The maximum absolute atomic E-state index is 10.5. The summed E-state index contributed by atoms with van der Waals surface area (Å²) in [5.41, 5.74) is 0. The van der Waals surface area contributed by atoms with Gasteiger partial charge in [-0.05, 0) is 140 Å². The Labute approximate surface area is 429 Å². The van der Waals surface area contributed by atoms with Crippen LogP contribution in [0.3, 0.4) is 0 Å². The second-order valence-corrected chi connectivity index (χ2v) is 19.5. The van der Waals surface area contributed by atoms with Crippen LogP contribution in [-0.2, 0) is 14.3 Å². The number of Topliss-reactive ketones (excluding diaryl/α,β-unsaturated/α-hetero) is 1. The van der Waals surface area contributed by atoms with Gasteiger partial charge in [0, 0.05) is 32.8 Å². The molecule has 0 aromatic heterocycles. The minimum atomic E-state index is 0. The van der Waals surface area contributed by atoms with Crippen molar-refractivity contribution in [2.45, 2.75) is 262 Å². The van der Waals surface area contributed by atoms with Crippen molar-refractivity contribution in [2.75, 3.05) is 7.11 Å². The van der Waals surface area contributed by atoms with Gasteiger partial charge in [-0.25, -0.2) is 0 Å². The Morgan fingerprint density at radius 3 is 1.04 bits per heavy atom. The number of carbonyl (C=O) groups is 1. The van der Waals surface area contributed by atoms with Crippen LogP contribution in [0.25, 0.3) is 0 Å². The third kappa shape index (κ3) is 43.1. The molecule has 0 unspecified atom stereocenters. The molecule has 2 aromatic rings. The van der Waals surface area contributed by atoms with Crippen molar-refractivity contribution in [3.63, 3.8) is 0 Å². The highest BCUT2D eigenvalue weighted by Gasteiger charge is 2.20. The quantitative estimate of drug-likeness (QED) is 0.260. The molecule has 2 aromatic carbocycles. The first-order chi connectivity index (χ1) is 33.0. The lowest BCUT2D eigenvalue weighted by atomic mass is 9.95. The van der Waals surface area contributed by atoms with Gasteiger partial charge in [-0.1, -0.05) is 169 Å². The van der Waals surface area contributed by atoms with Crippen molar-refractivity contribution in [3.05, 3.63) is 103 Å². The maximum Gasteiger partial charge on any atom is 0.132 e. The number of ketones is 1. The SMILES string of the molecule is C1=CCCCC1.C1CCC(OC2CCCCC2)CC1.C1CCCCC1.COC1=CCCCC1.O.O.O=C1CCCCC1.OC1=CCCCC1.OC1CCCCC1.Oc1ccccc1.[HH].[HH].[HH].[HH].[HH].c1ccccc1. The Morgan fingerprint density at radius 2 is 0.797 bits per heavy atom. The summed E-state index contributed by atoms with van der Waals surface area (Å²) in [6.45, 7) is 0. The maximum atomic E-state index is 10.5. The molecule has 0 aliphatic heterocycles. The van der Waals surface area contributed by atoms with Crippen molar-refractivity contribution in [1.29, 1.82) is 0 Å². The molecule has 8 heteroatoms. The summed E-state index contributed by atoms with van der Waals surface area (Å²) in [4.78, 5) is 10.5. The molecular formula is C61H114O8. The number of allylic oxidation sites excluding steroid dienone is 6. The second kappa shape index (κ2) is 49.5. The minimum absolute atomic E-state index is 0. The molecule has 5 saturated carbocycles. The van der Waals surface area contributed by atoms with Crippen LogP contribution in [0, 0.1) is 0 Å². The summed E-state index contributed by atoms with van der Waals surface area (Å²) >= 11 is 0. The number of hydrogen-bond donors (Lipinski definition) is 3. The molecule has 8 aliphatic carbocycles. The van der Waals surface area contributed by atoms with Crippen molar-refractivity contribution in [2.24, 2.45) is 0 Å². The van der Waals surface area contributed by atoms with E-state index in [1.54, 1.807) is 31.4 Å². The zero-order valence-electron chi connectivity index (χ0n) is 43.8. The molecule has 0 heterocycles. The third-order valence-corrected chi connectivity index (χ3v) is 13.3. The Bertz CT molecular complexity index is 1390. The monoisotopic (exact) mass is 975 g/mol. The van der Waals surface area contributed by atoms with Crippen LogP contribution in [0.15, 0.2) is 103 Å². The van der Waals surface area contributed by atoms with Crippen LogP contribution in [-0.4, -0.2) is 57.5 Å². The molecule has 8 aliphatic rings. The van der Waals surface area contributed by atoms with Gasteiger partial charge in [0.25, 0.3) is 0 Å². The number of ether oxygens (including phenoxy) is 2. The molecule has 8 nitrogen and oxygen atoms in total. The molecule has 406 valence electrons. The topological polar surface area (TPSA) is 159 Å². The number of para-hydroxylation sites is 1. The van der Waals surface area contributed by atoms with Gasteiger partial charge < -0.3 is 35.7 Å². The molecule has 5 fully saturated rings. The summed E-state index contributed by atoms with van der Waals surface area (Å²) in [6.07, 6.45) is 58.7. The normalized spacial score (nSPS) is 20.1. The van der Waals surface area contributed by atoms with Crippen molar-refractivity contribution < 1.29 is 47.7 Å². The number of methoxy groups -OCH3 is 1. The Kier molecular flexibility index (Phi) is 47.1. The first-order valence-electron chi connectivity index (χ1n) is 27.8. The molecule has 0 saturated heterocycles. The van der Waals surface area contributed by atoms with Crippen LogP contribution >= 0.6 is 0 Å². The standard InChI is InChI=1S/C12H22O.C7H12O.C6H12O.2C6H10O.C6H6O.C6H12.C6H10.C6H6.2H2O.5H2/c1-3-7-11(8-4-1)13-12-9-5-2-6-10-12;1-8-7-5-3-2-4-6-7;4*7-6-4-2-1-3-5-6;3*1-2-4-6-5-3-1;;;;;;;/h11-12H,1-10H2;5H,2-4,6H2,1H3;6-7H,1-5H2;1-5H2;4,7H,1-3,5H2;1-5,7H;1-6H2;1-2H,3-6H2;1-6H;2*1H2;5*1H. The Hall–Kier alpha value is -3.43. The van der Waals surface area contributed by atoms with Crippen LogP contribution in [0.2, 0.25) is 0 Å². The largest absolute Gasteiger partial charge is 0.513 e. The number of phenols is 1. The van der Waals surface area contributed by atoms with E-state index >= 15 is 0 Å². The molecule has 10 rings (SSSR count). The summed E-state index contributed by atoms with van der Waals surface area (Å²) < 4.78 is 11.2. The first-order valence-corrected chi connectivity index (χ1v) is 27.8. The lowest BCUT2D eigenvalue weighted by Crippen LogP contribution is -2.25. The summed E-state index contributed by atoms with van der Waals surface area (Å²) in [5.74, 6) is 2.55. The molecule has 0 spiro atoms. The van der Waals surface area contributed by atoms with E-state index in [1.807, 2.05) is 48.5 Å². The van der Waals surface area contributed by atoms with E-state index in [0.29, 0.717) is 29.5 Å². The number of carbonyl (C=O) groups excluding carboxylic acids is 1. The van der Waals surface area contributed by atoms with E-state index in [9.17, 15) is 4.79 Å². The van der Waals surface area contributed by atoms with E-state index in [-0.39, 0.29) is 24.2 Å². The molecule has 69 heavy (non-hydrogen) atoms. The fourth-order valence-electron chi connectivity index (χ4n) is 9.15. The number of hydrogen-bond acceptors (Lipinski definition) is 6. The smallest absolute Gasteiger partial charge is 0.132 e. The lowest BCUT2D eigenvalue weighted by Gasteiger charge is -2.29. The highest BCUT2D eigenvalue weighted by atomic mass is 16.5. The van der Waals surface area contributed by atoms with Crippen LogP contribution in [0.5, 0.6) is 5.75 Å². The van der Waals surface area contributed by atoms with Gasteiger partial charge in [0.1, 0.15) is 11.5 Å². The van der Waals surface area contributed by atoms with Crippen LogP contribution in [0.4, 0.5) is 0 Å². The molecule has 0 amide bonds. The fourth-order valence-corrected chi connectivity index (χ4v) is 9.15. The molecule has 7 N–H and O–H groups in total. The Morgan fingerprint density at radius 1 is 0.435 bits per heavy atom. The average Bonchev–Trinajstić information content (AvgIpc) is 3.41. The number of phenolic OH excluding ortho intramolecular Hbond substituents is 1. The van der Waals surface area contributed by atoms with Crippen molar-refractivity contribution in [1.82, 2.24) is 0 Å².